The van der Waals surface area contributed by atoms with Crippen LogP contribution in [0.2, 0.25) is 0 Å². The number of amides is 1. The first-order valence-electron chi connectivity index (χ1n) is 12.5. The molecule has 4 aromatic rings. The van der Waals surface area contributed by atoms with Gasteiger partial charge >= 0.3 is 0 Å². The number of nitrogens with zero attached hydrogens (tertiary/aromatic N) is 7. The zero-order chi connectivity index (χ0) is 27.5. The molecule has 198 valence electrons. The molecular formula is C28H29N9O2. The number of hydrogen-bond acceptors (Lipinski definition) is 9. The lowest BCUT2D eigenvalue weighted by atomic mass is 10.1. The van der Waals surface area contributed by atoms with Crippen LogP contribution >= 0.6 is 0 Å². The van der Waals surface area contributed by atoms with Gasteiger partial charge in [0.1, 0.15) is 11.8 Å². The largest absolute Gasteiger partial charge is 0.494 e. The third kappa shape index (κ3) is 5.10. The van der Waals surface area contributed by atoms with Gasteiger partial charge in [0, 0.05) is 37.0 Å². The Morgan fingerprint density at radius 2 is 2.13 bits per heavy atom. The van der Waals surface area contributed by atoms with Crippen molar-refractivity contribution >= 4 is 34.4 Å². The van der Waals surface area contributed by atoms with Gasteiger partial charge in [0.05, 0.1) is 53.3 Å². The number of benzene rings is 1. The second-order valence-corrected chi connectivity index (χ2v) is 9.40. The van der Waals surface area contributed by atoms with Crippen LogP contribution in [0.15, 0.2) is 61.6 Å². The monoisotopic (exact) mass is 523 g/mol. The van der Waals surface area contributed by atoms with Gasteiger partial charge < -0.3 is 25.2 Å². The summed E-state index contributed by atoms with van der Waals surface area (Å²) in [6.45, 7) is 5.26. The van der Waals surface area contributed by atoms with Gasteiger partial charge in [0.2, 0.25) is 11.9 Å². The van der Waals surface area contributed by atoms with E-state index < -0.39 is 0 Å². The highest BCUT2D eigenvalue weighted by Gasteiger charge is 2.27. The number of methoxy groups -OCH3 is 1. The van der Waals surface area contributed by atoms with Crippen molar-refractivity contribution in [1.29, 1.82) is 5.26 Å². The standard InChI is InChI=1S/C28H29N9O2/c1-5-26(38)32-21-12-22(25(39-4)13-24(21)36-11-9-19(17-36)35(2)3)33-28-30-15-18(14-29)27(34-28)20-16-31-37-10-7-6-8-23(20)37/h5-8,10,12-13,15-16,19H,1,9,11,17H2,2-4H3,(H,32,38)(H,30,33,34)/t19-/m1/s1. The minimum absolute atomic E-state index is 0.264. The third-order valence-electron chi connectivity index (χ3n) is 6.83. The molecule has 1 atom stereocenters. The highest BCUT2D eigenvalue weighted by Crippen LogP contribution is 2.40. The Labute approximate surface area is 226 Å². The fourth-order valence-corrected chi connectivity index (χ4v) is 4.73. The summed E-state index contributed by atoms with van der Waals surface area (Å²) in [6.07, 6.45) is 7.23. The molecule has 4 heterocycles. The normalized spacial score (nSPS) is 14.8. The summed E-state index contributed by atoms with van der Waals surface area (Å²) in [6, 6.07) is 12.0. The number of pyridine rings is 1. The van der Waals surface area contributed by atoms with Crippen molar-refractivity contribution in [3.63, 3.8) is 0 Å². The number of anilines is 4. The summed E-state index contributed by atoms with van der Waals surface area (Å²) in [5.74, 6) is 0.501. The molecule has 1 amide bonds. The Morgan fingerprint density at radius 1 is 1.28 bits per heavy atom. The van der Waals surface area contributed by atoms with E-state index in [1.165, 1.54) is 12.3 Å². The number of rotatable bonds is 8. The molecule has 0 unspecified atom stereocenters. The molecular weight excluding hydrogens is 494 g/mol. The van der Waals surface area contributed by atoms with Crippen LogP contribution in [-0.2, 0) is 4.79 Å². The molecule has 1 aliphatic rings. The second-order valence-electron chi connectivity index (χ2n) is 9.40. The van der Waals surface area contributed by atoms with Crippen molar-refractivity contribution < 1.29 is 9.53 Å². The molecule has 1 saturated heterocycles. The molecule has 11 nitrogen and oxygen atoms in total. The Morgan fingerprint density at radius 3 is 2.85 bits per heavy atom. The molecule has 1 aromatic carbocycles. The molecule has 1 aliphatic heterocycles. The fourth-order valence-electron chi connectivity index (χ4n) is 4.73. The summed E-state index contributed by atoms with van der Waals surface area (Å²) in [4.78, 5) is 25.8. The second kappa shape index (κ2) is 10.8. The first kappa shape index (κ1) is 25.7. The SMILES string of the molecule is C=CC(=O)Nc1cc(Nc2ncc(C#N)c(-c3cnn4ccccc34)n2)c(OC)cc1N1CC[C@@H](N(C)C)C1. The van der Waals surface area contributed by atoms with Gasteiger partial charge in [-0.1, -0.05) is 12.6 Å². The van der Waals surface area contributed by atoms with Gasteiger partial charge in [-0.3, -0.25) is 4.79 Å². The van der Waals surface area contributed by atoms with E-state index >= 15 is 0 Å². The van der Waals surface area contributed by atoms with Crippen molar-refractivity contribution in [1.82, 2.24) is 24.5 Å². The molecule has 0 aliphatic carbocycles. The number of hydrogen-bond donors (Lipinski definition) is 2. The maximum atomic E-state index is 12.3. The molecule has 0 radical (unpaired) electrons. The Bertz CT molecular complexity index is 1590. The average molecular weight is 524 g/mol. The minimum atomic E-state index is -0.319. The lowest BCUT2D eigenvalue weighted by molar-refractivity contribution is -0.111. The maximum Gasteiger partial charge on any atom is 0.247 e. The van der Waals surface area contributed by atoms with E-state index in [0.29, 0.717) is 40.0 Å². The molecule has 5 rings (SSSR count). The van der Waals surface area contributed by atoms with Crippen LogP contribution in [0.1, 0.15) is 12.0 Å². The number of aromatic nitrogens is 4. The first-order chi connectivity index (χ1) is 18.9. The van der Waals surface area contributed by atoms with E-state index in [1.807, 2.05) is 30.5 Å². The number of carbonyl (C=O) groups excluding carboxylic acids is 1. The van der Waals surface area contributed by atoms with Crippen LogP contribution in [0.5, 0.6) is 5.75 Å². The maximum absolute atomic E-state index is 12.3. The van der Waals surface area contributed by atoms with Crippen LogP contribution in [0.25, 0.3) is 16.8 Å². The molecule has 0 spiro atoms. The number of nitrogens with one attached hydrogen (secondary N) is 2. The molecule has 1 fully saturated rings. The lowest BCUT2D eigenvalue weighted by Crippen LogP contribution is -2.31. The van der Waals surface area contributed by atoms with Crippen LogP contribution in [0.3, 0.4) is 0 Å². The molecule has 0 bridgehead atoms. The van der Waals surface area contributed by atoms with Gasteiger partial charge in [0.25, 0.3) is 0 Å². The number of fused-ring (bicyclic) bond motifs is 1. The number of likely N-dealkylation sites (N-methyl/N-ethyl adjacent to an activating group) is 1. The first-order valence-corrected chi connectivity index (χ1v) is 12.5. The summed E-state index contributed by atoms with van der Waals surface area (Å²) in [7, 11) is 5.73. The van der Waals surface area contributed by atoms with Crippen LogP contribution < -0.4 is 20.3 Å². The highest BCUT2D eigenvalue weighted by atomic mass is 16.5. The number of carbonyl (C=O) groups is 1. The van der Waals surface area contributed by atoms with Crippen molar-refractivity contribution in [2.75, 3.05) is 49.8 Å². The zero-order valence-electron chi connectivity index (χ0n) is 22.0. The predicted octanol–water partition coefficient (Wildman–Crippen LogP) is 3.68. The van der Waals surface area contributed by atoms with Gasteiger partial charge in [0.15, 0.2) is 0 Å². The van der Waals surface area contributed by atoms with Crippen molar-refractivity contribution in [3.05, 3.63) is 67.1 Å². The third-order valence-corrected chi connectivity index (χ3v) is 6.83. The van der Waals surface area contributed by atoms with E-state index in [4.69, 9.17) is 4.74 Å². The number of ether oxygens (including phenoxy) is 1. The van der Waals surface area contributed by atoms with E-state index in [2.05, 4.69) is 62.2 Å². The lowest BCUT2D eigenvalue weighted by Gasteiger charge is -2.25. The highest BCUT2D eigenvalue weighted by molar-refractivity contribution is 6.02. The van der Waals surface area contributed by atoms with Gasteiger partial charge in [-0.15, -0.1) is 0 Å². The van der Waals surface area contributed by atoms with E-state index in [-0.39, 0.29) is 11.9 Å². The quantitative estimate of drug-likeness (QED) is 0.333. The summed E-state index contributed by atoms with van der Waals surface area (Å²) >= 11 is 0. The van der Waals surface area contributed by atoms with Crippen LogP contribution in [0, 0.1) is 11.3 Å². The summed E-state index contributed by atoms with van der Waals surface area (Å²) in [5, 5.41) is 20.2. The Balaban J connectivity index is 1.54. The molecule has 3 aromatic heterocycles. The topological polar surface area (TPSA) is 124 Å². The molecule has 11 heteroatoms. The van der Waals surface area contributed by atoms with E-state index in [0.717, 1.165) is 30.7 Å². The van der Waals surface area contributed by atoms with Crippen LogP contribution in [0.4, 0.5) is 23.0 Å². The van der Waals surface area contributed by atoms with Crippen molar-refractivity contribution in [2.24, 2.45) is 0 Å². The molecule has 39 heavy (non-hydrogen) atoms. The van der Waals surface area contributed by atoms with Gasteiger partial charge in [-0.2, -0.15) is 10.4 Å². The van der Waals surface area contributed by atoms with Gasteiger partial charge in [-0.05, 0) is 44.8 Å². The van der Waals surface area contributed by atoms with Gasteiger partial charge in [-0.25, -0.2) is 14.5 Å². The summed E-state index contributed by atoms with van der Waals surface area (Å²) < 4.78 is 7.45. The molecule has 0 saturated carbocycles. The Kier molecular flexibility index (Phi) is 7.12. The number of nitriles is 1. The summed E-state index contributed by atoms with van der Waals surface area (Å²) in [5.41, 5.74) is 4.33. The van der Waals surface area contributed by atoms with E-state index in [9.17, 15) is 10.1 Å². The fraction of sp³-hybridized carbons (Fsp3) is 0.250. The predicted molar refractivity (Wildman–Crippen MR) is 150 cm³/mol. The Hall–Kier alpha value is -4.95. The molecule has 2 N–H and O–H groups in total. The van der Waals surface area contributed by atoms with E-state index in [1.54, 1.807) is 23.9 Å². The van der Waals surface area contributed by atoms with Crippen LogP contribution in [-0.4, -0.2) is 70.7 Å². The van der Waals surface area contributed by atoms with Crippen molar-refractivity contribution in [3.8, 4) is 23.1 Å². The minimum Gasteiger partial charge on any atom is -0.494 e. The average Bonchev–Trinajstić information content (AvgIpc) is 3.61. The zero-order valence-corrected chi connectivity index (χ0v) is 22.0. The van der Waals surface area contributed by atoms with Crippen molar-refractivity contribution in [2.45, 2.75) is 12.5 Å². The smallest absolute Gasteiger partial charge is 0.247 e.